The van der Waals surface area contributed by atoms with Crippen LogP contribution in [-0.4, -0.2) is 32.2 Å². The van der Waals surface area contributed by atoms with Gasteiger partial charge in [0.05, 0.1) is 17.1 Å². The van der Waals surface area contributed by atoms with Gasteiger partial charge in [0.25, 0.3) is 5.82 Å². The lowest BCUT2D eigenvalue weighted by Crippen LogP contribution is -2.18. The number of aromatic nitrogens is 4. The molecule has 21 heavy (non-hydrogen) atoms. The van der Waals surface area contributed by atoms with Crippen molar-refractivity contribution in [2.75, 3.05) is 6.61 Å². The number of halogens is 2. The van der Waals surface area contributed by atoms with E-state index in [1.807, 2.05) is 0 Å². The molecule has 0 aliphatic heterocycles. The normalized spacial score (nSPS) is 11.2. The van der Waals surface area contributed by atoms with Crippen LogP contribution in [-0.2, 0) is 4.74 Å². The van der Waals surface area contributed by atoms with E-state index < -0.39 is 11.7 Å². The number of nitrogens with one attached hydrogen (secondary N) is 1. The van der Waals surface area contributed by atoms with Gasteiger partial charge in [0, 0.05) is 10.4 Å². The van der Waals surface area contributed by atoms with Gasteiger partial charge in [0.2, 0.25) is 0 Å². The number of fused-ring (bicyclic) bond motifs is 3. The Labute approximate surface area is 127 Å². The van der Waals surface area contributed by atoms with Gasteiger partial charge in [-0.2, -0.15) is 4.52 Å². The zero-order valence-electron chi connectivity index (χ0n) is 10.7. The average Bonchev–Trinajstić information content (AvgIpc) is 2.87. The molecule has 0 aliphatic rings. The van der Waals surface area contributed by atoms with Crippen LogP contribution in [0.5, 0.6) is 0 Å². The average molecular weight is 327 g/mol. The molecule has 108 valence electrons. The van der Waals surface area contributed by atoms with Gasteiger partial charge in [-0.3, -0.25) is 0 Å². The lowest BCUT2D eigenvalue weighted by Gasteiger charge is -2.02. The third-order valence-corrected chi connectivity index (χ3v) is 3.30. The predicted molar refractivity (Wildman–Crippen MR) is 77.1 cm³/mol. The van der Waals surface area contributed by atoms with Gasteiger partial charge in [0.15, 0.2) is 5.65 Å². The molecule has 3 aromatic rings. The number of aromatic amines is 1. The fraction of sp³-hybridized carbons (Fsp3) is 0.167. The van der Waals surface area contributed by atoms with Crippen molar-refractivity contribution in [1.29, 1.82) is 0 Å². The van der Waals surface area contributed by atoms with Crippen molar-refractivity contribution in [2.24, 2.45) is 0 Å². The molecule has 0 saturated heterocycles. The fourth-order valence-electron chi connectivity index (χ4n) is 1.95. The third kappa shape index (κ3) is 2.24. The van der Waals surface area contributed by atoms with Crippen LogP contribution in [0.3, 0.4) is 0 Å². The maximum atomic E-state index is 12.0. The van der Waals surface area contributed by atoms with Crippen molar-refractivity contribution < 1.29 is 9.53 Å². The molecule has 3 rings (SSSR count). The van der Waals surface area contributed by atoms with E-state index in [9.17, 15) is 9.59 Å². The van der Waals surface area contributed by atoms with Crippen LogP contribution in [0, 0.1) is 0 Å². The number of hydrogen-bond acceptors (Lipinski definition) is 5. The second-order valence-electron chi connectivity index (χ2n) is 4.13. The zero-order chi connectivity index (χ0) is 15.1. The molecular formula is C12H8Cl2N4O3. The summed E-state index contributed by atoms with van der Waals surface area (Å²) in [5.41, 5.74) is -0.00708. The van der Waals surface area contributed by atoms with Crippen LogP contribution < -0.4 is 5.69 Å². The van der Waals surface area contributed by atoms with Crippen LogP contribution in [0.25, 0.3) is 16.6 Å². The highest BCUT2D eigenvalue weighted by atomic mass is 35.5. The SMILES string of the molecule is CCOC(=O)c1nc2c3cc(Cl)cc(Cl)c3[nH]c(=O)n2n1. The number of benzene rings is 1. The number of nitrogens with zero attached hydrogens (tertiary/aromatic N) is 3. The summed E-state index contributed by atoms with van der Waals surface area (Å²) in [5.74, 6) is -0.909. The Kier molecular flexibility index (Phi) is 3.30. The first-order valence-electron chi connectivity index (χ1n) is 5.96. The van der Waals surface area contributed by atoms with Crippen LogP contribution in [0.15, 0.2) is 16.9 Å². The largest absolute Gasteiger partial charge is 0.460 e. The number of carbonyl (C=O) groups excluding carboxylic acids is 1. The molecule has 0 aliphatic carbocycles. The molecule has 0 fully saturated rings. The molecule has 1 N–H and O–H groups in total. The summed E-state index contributed by atoms with van der Waals surface area (Å²) in [5, 5.41) is 4.98. The second-order valence-corrected chi connectivity index (χ2v) is 4.98. The van der Waals surface area contributed by atoms with Crippen molar-refractivity contribution in [3.05, 3.63) is 38.5 Å². The minimum atomic E-state index is -0.707. The van der Waals surface area contributed by atoms with E-state index in [1.54, 1.807) is 13.0 Å². The zero-order valence-corrected chi connectivity index (χ0v) is 12.2. The molecule has 0 spiro atoms. The molecule has 7 nitrogen and oxygen atoms in total. The van der Waals surface area contributed by atoms with Gasteiger partial charge in [-0.1, -0.05) is 23.2 Å². The highest BCUT2D eigenvalue weighted by Gasteiger charge is 2.18. The minimum absolute atomic E-state index is 0.182. The van der Waals surface area contributed by atoms with E-state index in [1.165, 1.54) is 6.07 Å². The molecular weight excluding hydrogens is 319 g/mol. The lowest BCUT2D eigenvalue weighted by molar-refractivity contribution is 0.0512. The highest BCUT2D eigenvalue weighted by Crippen LogP contribution is 2.27. The van der Waals surface area contributed by atoms with Crippen LogP contribution in [0.4, 0.5) is 0 Å². The summed E-state index contributed by atoms with van der Waals surface area (Å²) in [6.07, 6.45) is 0. The van der Waals surface area contributed by atoms with Crippen LogP contribution in [0.2, 0.25) is 10.0 Å². The van der Waals surface area contributed by atoms with Gasteiger partial charge in [0.1, 0.15) is 0 Å². The van der Waals surface area contributed by atoms with E-state index in [4.69, 9.17) is 27.9 Å². The summed E-state index contributed by atoms with van der Waals surface area (Å²) in [4.78, 5) is 30.3. The summed E-state index contributed by atoms with van der Waals surface area (Å²) < 4.78 is 5.79. The monoisotopic (exact) mass is 326 g/mol. The lowest BCUT2D eigenvalue weighted by atomic mass is 10.2. The van der Waals surface area contributed by atoms with Crippen molar-refractivity contribution in [3.63, 3.8) is 0 Å². The standard InChI is InChI=1S/C12H8Cl2N4O3/c1-2-21-11(19)9-16-10-6-3-5(13)4-7(14)8(6)15-12(20)18(10)17-9/h3-4H,2H2,1H3,(H,15,20). The molecule has 2 heterocycles. The van der Waals surface area contributed by atoms with Crippen molar-refractivity contribution >= 4 is 45.7 Å². The summed E-state index contributed by atoms with van der Waals surface area (Å²) in [7, 11) is 0. The van der Waals surface area contributed by atoms with Gasteiger partial charge < -0.3 is 9.72 Å². The topological polar surface area (TPSA) is 89.3 Å². The fourth-order valence-corrected chi connectivity index (χ4v) is 2.49. The van der Waals surface area contributed by atoms with Crippen LogP contribution >= 0.6 is 23.2 Å². The van der Waals surface area contributed by atoms with Crippen LogP contribution in [0.1, 0.15) is 17.5 Å². The first-order chi connectivity index (χ1) is 10.0. The van der Waals surface area contributed by atoms with E-state index in [0.717, 1.165) is 4.52 Å². The van der Waals surface area contributed by atoms with E-state index in [2.05, 4.69) is 15.1 Å². The molecule has 0 unspecified atom stereocenters. The Balaban J connectivity index is 2.38. The smallest absolute Gasteiger partial charge is 0.378 e. The minimum Gasteiger partial charge on any atom is -0.460 e. The molecule has 0 amide bonds. The molecule has 9 heteroatoms. The number of H-pyrrole nitrogens is 1. The summed E-state index contributed by atoms with van der Waals surface area (Å²) in [6.45, 7) is 1.85. The Morgan fingerprint density at radius 2 is 2.19 bits per heavy atom. The summed E-state index contributed by atoms with van der Waals surface area (Å²) in [6, 6.07) is 3.08. The molecule has 0 saturated carbocycles. The van der Waals surface area contributed by atoms with Gasteiger partial charge >= 0.3 is 11.7 Å². The number of ether oxygens (including phenoxy) is 1. The first-order valence-corrected chi connectivity index (χ1v) is 6.71. The van der Waals surface area contributed by atoms with E-state index in [-0.39, 0.29) is 23.1 Å². The number of rotatable bonds is 2. The quantitative estimate of drug-likeness (QED) is 0.728. The van der Waals surface area contributed by atoms with Gasteiger partial charge in [-0.05, 0) is 19.1 Å². The van der Waals surface area contributed by atoms with E-state index >= 15 is 0 Å². The Hall–Kier alpha value is -2.12. The maximum Gasteiger partial charge on any atom is 0.378 e. The molecule has 2 aromatic heterocycles. The predicted octanol–water partition coefficient (Wildman–Crippen LogP) is 2.05. The molecule has 0 radical (unpaired) electrons. The first kappa shape index (κ1) is 13.8. The molecule has 0 bridgehead atoms. The third-order valence-electron chi connectivity index (χ3n) is 2.79. The Morgan fingerprint density at radius 1 is 1.43 bits per heavy atom. The number of hydrogen-bond donors (Lipinski definition) is 1. The number of carbonyl (C=O) groups is 1. The summed E-state index contributed by atoms with van der Waals surface area (Å²) >= 11 is 12.0. The van der Waals surface area contributed by atoms with Gasteiger partial charge in [-0.25, -0.2) is 14.6 Å². The van der Waals surface area contributed by atoms with Crippen molar-refractivity contribution in [2.45, 2.75) is 6.92 Å². The molecule has 1 aromatic carbocycles. The second kappa shape index (κ2) is 5.01. The highest BCUT2D eigenvalue weighted by molar-refractivity contribution is 6.38. The van der Waals surface area contributed by atoms with Crippen molar-refractivity contribution in [1.82, 2.24) is 19.6 Å². The van der Waals surface area contributed by atoms with E-state index in [0.29, 0.717) is 15.9 Å². The van der Waals surface area contributed by atoms with Gasteiger partial charge in [-0.15, -0.1) is 5.10 Å². The Morgan fingerprint density at radius 3 is 2.90 bits per heavy atom. The molecule has 0 atom stereocenters. The Bertz CT molecular complexity index is 932. The maximum absolute atomic E-state index is 12.0. The van der Waals surface area contributed by atoms with Crippen molar-refractivity contribution in [3.8, 4) is 0 Å². The number of esters is 1.